The Morgan fingerprint density at radius 2 is 1.57 bits per heavy atom. The zero-order chi connectivity index (χ0) is 19.7. The zero-order valence-corrected chi connectivity index (χ0v) is 16.6. The maximum atomic E-state index is 5.42. The second-order valence-electron chi connectivity index (χ2n) is 6.70. The van der Waals surface area contributed by atoms with Crippen LogP contribution in [-0.4, -0.2) is 25.0 Å². The summed E-state index contributed by atoms with van der Waals surface area (Å²) in [6.07, 6.45) is 0. The second kappa shape index (κ2) is 7.32. The maximum absolute atomic E-state index is 5.42. The summed E-state index contributed by atoms with van der Waals surface area (Å²) in [5, 5.41) is 5.00. The van der Waals surface area contributed by atoms with Gasteiger partial charge in [0.2, 0.25) is 5.13 Å². The fraction of sp³-hybridized carbons (Fsp3) is 0.0909. The number of nitrogens with zero attached hydrogens (tertiary/aromatic N) is 3. The molecule has 0 fully saturated rings. The zero-order valence-electron chi connectivity index (χ0n) is 15.8. The lowest BCUT2D eigenvalue weighted by Crippen LogP contribution is -2.21. The molecule has 140 valence electrons. The lowest BCUT2D eigenvalue weighted by Gasteiger charge is -2.17. The van der Waals surface area contributed by atoms with Gasteiger partial charge in [0.05, 0.1) is 5.69 Å². The molecule has 0 bridgehead atoms. The highest BCUT2D eigenvalue weighted by molar-refractivity contribution is 7.13. The first-order valence-electron chi connectivity index (χ1n) is 8.88. The molecule has 0 saturated carbocycles. The minimum Gasteiger partial charge on any atom is -0.377 e. The van der Waals surface area contributed by atoms with Crippen molar-refractivity contribution in [3.63, 3.8) is 0 Å². The first kappa shape index (κ1) is 18.0. The SMILES string of the molecule is CN(C)c1cccc2c(-c3ccc(-c4csc(N=C(N)N)n4)cc3)cccc12. The molecule has 0 spiro atoms. The van der Waals surface area contributed by atoms with Gasteiger partial charge in [-0.05, 0) is 22.6 Å². The van der Waals surface area contributed by atoms with E-state index in [-0.39, 0.29) is 5.96 Å². The second-order valence-corrected chi connectivity index (χ2v) is 7.54. The molecular formula is C22H21N5S. The first-order chi connectivity index (χ1) is 13.5. The van der Waals surface area contributed by atoms with E-state index >= 15 is 0 Å². The molecule has 5 nitrogen and oxygen atoms in total. The lowest BCUT2D eigenvalue weighted by atomic mass is 9.96. The van der Waals surface area contributed by atoms with Gasteiger partial charge in [-0.3, -0.25) is 0 Å². The van der Waals surface area contributed by atoms with Crippen molar-refractivity contribution in [1.29, 1.82) is 0 Å². The van der Waals surface area contributed by atoms with Crippen LogP contribution in [0.15, 0.2) is 71.0 Å². The number of fused-ring (bicyclic) bond motifs is 1. The largest absolute Gasteiger partial charge is 0.377 e. The van der Waals surface area contributed by atoms with Crippen molar-refractivity contribution in [1.82, 2.24) is 4.98 Å². The molecule has 0 saturated heterocycles. The van der Waals surface area contributed by atoms with E-state index < -0.39 is 0 Å². The molecular weight excluding hydrogens is 366 g/mol. The number of benzene rings is 3. The van der Waals surface area contributed by atoms with Crippen molar-refractivity contribution < 1.29 is 0 Å². The molecule has 1 aromatic heterocycles. The summed E-state index contributed by atoms with van der Waals surface area (Å²) < 4.78 is 0. The minimum atomic E-state index is 0.0179. The number of anilines is 1. The third-order valence-corrected chi connectivity index (χ3v) is 5.32. The van der Waals surface area contributed by atoms with E-state index in [0.29, 0.717) is 5.13 Å². The molecule has 4 rings (SSSR count). The Hall–Kier alpha value is -3.38. The first-order valence-corrected chi connectivity index (χ1v) is 9.76. The Balaban J connectivity index is 1.73. The molecule has 3 aromatic carbocycles. The van der Waals surface area contributed by atoms with Crippen molar-refractivity contribution in [2.24, 2.45) is 16.5 Å². The lowest BCUT2D eigenvalue weighted by molar-refractivity contribution is 1.14. The molecule has 28 heavy (non-hydrogen) atoms. The molecule has 0 radical (unpaired) electrons. The van der Waals surface area contributed by atoms with Crippen molar-refractivity contribution in [3.05, 3.63) is 66.0 Å². The standard InChI is InChI=1S/C22H21N5S/c1-27(2)20-8-4-6-17-16(5-3-7-18(17)20)14-9-11-15(12-10-14)19-13-28-22(25-19)26-21(23)24/h3-13H,1-2H3,(H4,23,24,25,26). The van der Waals surface area contributed by atoms with Crippen LogP contribution in [0.5, 0.6) is 0 Å². The molecule has 4 aromatic rings. The average Bonchev–Trinajstić information content (AvgIpc) is 3.15. The van der Waals surface area contributed by atoms with Gasteiger partial charge in [-0.15, -0.1) is 11.3 Å². The van der Waals surface area contributed by atoms with Gasteiger partial charge in [-0.1, -0.05) is 54.6 Å². The fourth-order valence-electron chi connectivity index (χ4n) is 3.31. The van der Waals surface area contributed by atoms with Gasteiger partial charge in [0.15, 0.2) is 5.96 Å². The highest BCUT2D eigenvalue weighted by Gasteiger charge is 2.09. The third kappa shape index (κ3) is 3.42. The van der Waals surface area contributed by atoms with E-state index in [0.717, 1.165) is 11.3 Å². The van der Waals surface area contributed by atoms with E-state index in [2.05, 4.69) is 89.6 Å². The quantitative estimate of drug-likeness (QED) is 0.396. The smallest absolute Gasteiger partial charge is 0.212 e. The van der Waals surface area contributed by atoms with Crippen molar-refractivity contribution in [2.45, 2.75) is 0 Å². The molecule has 0 amide bonds. The summed E-state index contributed by atoms with van der Waals surface area (Å²) in [7, 11) is 4.14. The van der Waals surface area contributed by atoms with Crippen molar-refractivity contribution >= 4 is 38.9 Å². The highest BCUT2D eigenvalue weighted by atomic mass is 32.1. The summed E-state index contributed by atoms with van der Waals surface area (Å²) in [4.78, 5) is 10.6. The topological polar surface area (TPSA) is 80.5 Å². The number of hydrogen-bond acceptors (Lipinski definition) is 4. The third-order valence-electron chi connectivity index (χ3n) is 4.59. The monoisotopic (exact) mass is 387 g/mol. The molecule has 0 aliphatic heterocycles. The number of hydrogen-bond donors (Lipinski definition) is 2. The summed E-state index contributed by atoms with van der Waals surface area (Å²) >= 11 is 1.42. The number of aliphatic imine (C=N–C) groups is 1. The van der Waals surface area contributed by atoms with E-state index in [9.17, 15) is 0 Å². The molecule has 0 atom stereocenters. The van der Waals surface area contributed by atoms with Gasteiger partial charge < -0.3 is 16.4 Å². The Labute approximate surface area is 168 Å². The molecule has 6 heteroatoms. The van der Waals surface area contributed by atoms with Crippen LogP contribution < -0.4 is 16.4 Å². The number of aromatic nitrogens is 1. The van der Waals surface area contributed by atoms with Crippen LogP contribution in [0.4, 0.5) is 10.8 Å². The molecule has 0 aliphatic carbocycles. The summed E-state index contributed by atoms with van der Waals surface area (Å²) in [5.41, 5.74) is 16.3. The van der Waals surface area contributed by atoms with Crippen LogP contribution in [0.2, 0.25) is 0 Å². The van der Waals surface area contributed by atoms with E-state index in [4.69, 9.17) is 11.5 Å². The van der Waals surface area contributed by atoms with Gasteiger partial charge in [-0.2, -0.15) is 4.99 Å². The van der Waals surface area contributed by atoms with Crippen LogP contribution in [0.1, 0.15) is 0 Å². The van der Waals surface area contributed by atoms with E-state index in [1.54, 1.807) is 0 Å². The van der Waals surface area contributed by atoms with Crippen molar-refractivity contribution in [3.8, 4) is 22.4 Å². The van der Waals surface area contributed by atoms with Crippen LogP contribution in [0.3, 0.4) is 0 Å². The summed E-state index contributed by atoms with van der Waals surface area (Å²) in [5.74, 6) is 0.0179. The summed E-state index contributed by atoms with van der Waals surface area (Å²) in [6.45, 7) is 0. The number of rotatable bonds is 4. The summed E-state index contributed by atoms with van der Waals surface area (Å²) in [6, 6.07) is 21.3. The Bertz CT molecular complexity index is 1160. The van der Waals surface area contributed by atoms with Gasteiger partial charge in [0.25, 0.3) is 0 Å². The van der Waals surface area contributed by atoms with Gasteiger partial charge in [0, 0.05) is 36.1 Å². The van der Waals surface area contributed by atoms with Crippen LogP contribution in [0.25, 0.3) is 33.2 Å². The van der Waals surface area contributed by atoms with Crippen molar-refractivity contribution in [2.75, 3.05) is 19.0 Å². The average molecular weight is 388 g/mol. The minimum absolute atomic E-state index is 0.0179. The Morgan fingerprint density at radius 1 is 0.893 bits per heavy atom. The number of thiazole rings is 1. The van der Waals surface area contributed by atoms with E-state index in [1.165, 1.54) is 38.9 Å². The molecule has 0 aliphatic rings. The van der Waals surface area contributed by atoms with Crippen LogP contribution >= 0.6 is 11.3 Å². The number of guanidine groups is 1. The normalized spacial score (nSPS) is 10.8. The Morgan fingerprint density at radius 3 is 2.29 bits per heavy atom. The maximum Gasteiger partial charge on any atom is 0.212 e. The molecule has 0 unspecified atom stereocenters. The Kier molecular flexibility index (Phi) is 4.71. The van der Waals surface area contributed by atoms with Crippen LogP contribution in [-0.2, 0) is 0 Å². The molecule has 4 N–H and O–H groups in total. The van der Waals surface area contributed by atoms with E-state index in [1.807, 2.05) is 5.38 Å². The highest BCUT2D eigenvalue weighted by Crippen LogP contribution is 2.34. The predicted molar refractivity (Wildman–Crippen MR) is 120 cm³/mol. The molecule has 1 heterocycles. The number of nitrogens with two attached hydrogens (primary N) is 2. The van der Waals surface area contributed by atoms with Gasteiger partial charge >= 0.3 is 0 Å². The predicted octanol–water partition coefficient (Wildman–Crippen LogP) is 4.60. The van der Waals surface area contributed by atoms with Gasteiger partial charge in [-0.25, -0.2) is 4.98 Å². The fourth-order valence-corrected chi connectivity index (χ4v) is 4.03. The van der Waals surface area contributed by atoms with Gasteiger partial charge in [0.1, 0.15) is 0 Å². The van der Waals surface area contributed by atoms with Crippen LogP contribution in [0, 0.1) is 0 Å².